The van der Waals surface area contributed by atoms with Crippen molar-refractivity contribution < 1.29 is 0 Å². The van der Waals surface area contributed by atoms with Gasteiger partial charge >= 0.3 is 0 Å². The van der Waals surface area contributed by atoms with E-state index in [4.69, 9.17) is 0 Å². The maximum Gasteiger partial charge on any atom is 0.0211 e. The summed E-state index contributed by atoms with van der Waals surface area (Å²) in [7, 11) is 0. The number of benzene rings is 1. The Morgan fingerprint density at radius 3 is 2.50 bits per heavy atom. The van der Waals surface area contributed by atoms with E-state index in [0.29, 0.717) is 5.41 Å². The minimum Gasteiger partial charge on any atom is -0.0798 e. The minimum absolute atomic E-state index is 0.416. The molecule has 0 aliphatic heterocycles. The molecule has 0 aromatic heterocycles. The molecule has 1 saturated carbocycles. The molecule has 0 amide bonds. The molecule has 3 aliphatic rings. The van der Waals surface area contributed by atoms with Gasteiger partial charge in [0.25, 0.3) is 0 Å². The molecular weight excluding hydrogens is 216 g/mol. The second-order valence-electron chi connectivity index (χ2n) is 5.33. The van der Waals surface area contributed by atoms with Crippen molar-refractivity contribution in [2.75, 3.05) is 0 Å². The van der Waals surface area contributed by atoms with E-state index in [-0.39, 0.29) is 0 Å². The monoisotopic (exact) mass is 238 g/mol. The van der Waals surface area contributed by atoms with Crippen molar-refractivity contribution in [2.24, 2.45) is 0 Å². The van der Waals surface area contributed by atoms with E-state index in [1.54, 1.807) is 22.3 Å². The van der Waals surface area contributed by atoms with Gasteiger partial charge in [0.05, 0.1) is 0 Å². The molecule has 1 fully saturated rings. The van der Waals surface area contributed by atoms with Gasteiger partial charge in [0.1, 0.15) is 0 Å². The van der Waals surface area contributed by atoms with Crippen molar-refractivity contribution in [1.82, 2.24) is 0 Å². The summed E-state index contributed by atoms with van der Waals surface area (Å²) < 4.78 is 0. The standard InChI is InChI=1S/C16H16.C2H6/c1-2-8-14-12(6-1)13-7-5-9-15(13)16(14)10-3-4-11-16;1-2/h1-2,5-6,8-9H,3-4,7,10-11H2;1-2H3. The van der Waals surface area contributed by atoms with Crippen LogP contribution in [-0.2, 0) is 5.41 Å². The van der Waals surface area contributed by atoms with E-state index in [2.05, 4.69) is 36.4 Å². The highest BCUT2D eigenvalue weighted by Gasteiger charge is 2.45. The lowest BCUT2D eigenvalue weighted by Crippen LogP contribution is -2.21. The zero-order valence-corrected chi connectivity index (χ0v) is 11.5. The molecule has 1 aromatic rings. The molecule has 1 aromatic carbocycles. The van der Waals surface area contributed by atoms with Crippen molar-refractivity contribution in [3.63, 3.8) is 0 Å². The van der Waals surface area contributed by atoms with Gasteiger partial charge in [0.2, 0.25) is 0 Å². The number of rotatable bonds is 0. The van der Waals surface area contributed by atoms with Crippen LogP contribution in [0, 0.1) is 0 Å². The predicted octanol–water partition coefficient (Wildman–Crippen LogP) is 5.25. The number of fused-ring (bicyclic) bond motifs is 4. The van der Waals surface area contributed by atoms with Gasteiger partial charge in [-0.3, -0.25) is 0 Å². The van der Waals surface area contributed by atoms with Gasteiger partial charge in [-0.25, -0.2) is 0 Å². The molecule has 0 unspecified atom stereocenters. The smallest absolute Gasteiger partial charge is 0.0211 e. The predicted molar refractivity (Wildman–Crippen MR) is 78.6 cm³/mol. The van der Waals surface area contributed by atoms with E-state index >= 15 is 0 Å². The highest BCUT2D eigenvalue weighted by atomic mass is 14.5. The SMILES string of the molecule is C1=CC2=C(C1)c1ccccc1C21CCCC1.CC. The summed E-state index contributed by atoms with van der Waals surface area (Å²) in [5.74, 6) is 0. The molecule has 94 valence electrons. The maximum atomic E-state index is 2.40. The molecule has 1 spiro atoms. The zero-order valence-electron chi connectivity index (χ0n) is 11.5. The summed E-state index contributed by atoms with van der Waals surface area (Å²) in [6.07, 6.45) is 11.5. The topological polar surface area (TPSA) is 0 Å². The second-order valence-corrected chi connectivity index (χ2v) is 5.33. The zero-order chi connectivity index (χ0) is 12.6. The summed E-state index contributed by atoms with van der Waals surface area (Å²) >= 11 is 0. The molecule has 0 N–H and O–H groups in total. The number of allylic oxidation sites excluding steroid dienone is 4. The molecule has 18 heavy (non-hydrogen) atoms. The third-order valence-corrected chi connectivity index (χ3v) is 4.67. The number of hydrogen-bond acceptors (Lipinski definition) is 0. The average molecular weight is 238 g/mol. The van der Waals surface area contributed by atoms with Crippen molar-refractivity contribution in [2.45, 2.75) is 51.4 Å². The van der Waals surface area contributed by atoms with Gasteiger partial charge < -0.3 is 0 Å². The van der Waals surface area contributed by atoms with Crippen LogP contribution in [0.15, 0.2) is 42.0 Å². The fraction of sp³-hybridized carbons (Fsp3) is 0.444. The molecule has 3 aliphatic carbocycles. The Hall–Kier alpha value is -1.30. The molecule has 0 saturated heterocycles. The maximum absolute atomic E-state index is 2.40. The van der Waals surface area contributed by atoms with Gasteiger partial charge in [-0.05, 0) is 41.5 Å². The van der Waals surface area contributed by atoms with Crippen LogP contribution in [0.4, 0.5) is 0 Å². The molecular formula is C18H22. The van der Waals surface area contributed by atoms with Crippen LogP contribution in [-0.4, -0.2) is 0 Å². The van der Waals surface area contributed by atoms with Gasteiger partial charge in [0.15, 0.2) is 0 Å². The first-order chi connectivity index (χ1) is 8.92. The van der Waals surface area contributed by atoms with Crippen LogP contribution in [0.25, 0.3) is 5.57 Å². The van der Waals surface area contributed by atoms with Gasteiger partial charge in [-0.15, -0.1) is 0 Å². The van der Waals surface area contributed by atoms with E-state index in [1.165, 1.54) is 25.7 Å². The third-order valence-electron chi connectivity index (χ3n) is 4.67. The first-order valence-corrected chi connectivity index (χ1v) is 7.42. The Balaban J connectivity index is 0.000000478. The summed E-state index contributed by atoms with van der Waals surface area (Å²) in [6.45, 7) is 4.00. The molecule has 4 rings (SSSR count). The average Bonchev–Trinajstić information content (AvgIpc) is 3.14. The van der Waals surface area contributed by atoms with Gasteiger partial charge in [-0.1, -0.05) is 63.1 Å². The summed E-state index contributed by atoms with van der Waals surface area (Å²) in [6, 6.07) is 9.10. The van der Waals surface area contributed by atoms with Crippen LogP contribution in [0.3, 0.4) is 0 Å². The highest BCUT2D eigenvalue weighted by Crippen LogP contribution is 2.57. The Bertz CT molecular complexity index is 511. The normalized spacial score (nSPS) is 21.9. The van der Waals surface area contributed by atoms with Crippen molar-refractivity contribution in [3.05, 3.63) is 53.1 Å². The number of hydrogen-bond donors (Lipinski definition) is 0. The van der Waals surface area contributed by atoms with Crippen LogP contribution >= 0.6 is 0 Å². The molecule has 0 heteroatoms. The van der Waals surface area contributed by atoms with Crippen LogP contribution < -0.4 is 0 Å². The molecule has 0 radical (unpaired) electrons. The van der Waals surface area contributed by atoms with Gasteiger partial charge in [-0.2, -0.15) is 0 Å². The minimum atomic E-state index is 0.416. The van der Waals surface area contributed by atoms with Crippen molar-refractivity contribution >= 4 is 5.57 Å². The van der Waals surface area contributed by atoms with E-state index in [1.807, 2.05) is 13.8 Å². The van der Waals surface area contributed by atoms with Crippen LogP contribution in [0.5, 0.6) is 0 Å². The van der Waals surface area contributed by atoms with Gasteiger partial charge in [0, 0.05) is 5.41 Å². The van der Waals surface area contributed by atoms with E-state index in [9.17, 15) is 0 Å². The first-order valence-electron chi connectivity index (χ1n) is 7.42. The third kappa shape index (κ3) is 1.38. The Morgan fingerprint density at radius 2 is 1.72 bits per heavy atom. The van der Waals surface area contributed by atoms with Crippen LogP contribution in [0.1, 0.15) is 57.1 Å². The summed E-state index contributed by atoms with van der Waals surface area (Å²) in [5, 5.41) is 0. The Morgan fingerprint density at radius 1 is 1.00 bits per heavy atom. The quantitative estimate of drug-likeness (QED) is 0.579. The largest absolute Gasteiger partial charge is 0.0798 e. The lowest BCUT2D eigenvalue weighted by atomic mass is 9.76. The first kappa shape index (κ1) is 11.8. The summed E-state index contributed by atoms with van der Waals surface area (Å²) in [4.78, 5) is 0. The Kier molecular flexibility index (Phi) is 2.89. The fourth-order valence-electron chi connectivity index (χ4n) is 4.03. The van der Waals surface area contributed by atoms with Crippen molar-refractivity contribution in [3.8, 4) is 0 Å². The van der Waals surface area contributed by atoms with E-state index in [0.717, 1.165) is 6.42 Å². The molecule has 0 nitrogen and oxygen atoms in total. The molecule has 0 bridgehead atoms. The molecule has 0 atom stereocenters. The lowest BCUT2D eigenvalue weighted by molar-refractivity contribution is 0.545. The fourth-order valence-corrected chi connectivity index (χ4v) is 4.03. The second kappa shape index (κ2) is 4.42. The van der Waals surface area contributed by atoms with Crippen molar-refractivity contribution in [1.29, 1.82) is 0 Å². The molecule has 0 heterocycles. The Labute approximate surface area is 110 Å². The highest BCUT2D eigenvalue weighted by molar-refractivity contribution is 5.85. The lowest BCUT2D eigenvalue weighted by Gasteiger charge is -2.27. The van der Waals surface area contributed by atoms with Crippen LogP contribution in [0.2, 0.25) is 0 Å². The van der Waals surface area contributed by atoms with E-state index < -0.39 is 0 Å². The summed E-state index contributed by atoms with van der Waals surface area (Å²) in [5.41, 5.74) is 6.87.